The maximum absolute atomic E-state index is 11.9. The molecule has 4 nitrogen and oxygen atoms in total. The molecule has 1 atom stereocenters. The van der Waals surface area contributed by atoms with Gasteiger partial charge in [0.15, 0.2) is 0 Å². The van der Waals surface area contributed by atoms with Gasteiger partial charge in [-0.2, -0.15) is 0 Å². The molecule has 2 aromatic rings. The van der Waals surface area contributed by atoms with Crippen LogP contribution >= 0.6 is 0 Å². The third kappa shape index (κ3) is 4.07. The minimum absolute atomic E-state index is 0.0133. The molecule has 0 bridgehead atoms. The number of pyridine rings is 1. The van der Waals surface area contributed by atoms with E-state index in [1.54, 1.807) is 10.6 Å². The van der Waals surface area contributed by atoms with E-state index in [1.807, 2.05) is 50.4 Å². The average Bonchev–Trinajstić information content (AvgIpc) is 2.47. The van der Waals surface area contributed by atoms with Gasteiger partial charge in [0.25, 0.3) is 5.56 Å². The van der Waals surface area contributed by atoms with E-state index in [0.717, 1.165) is 23.1 Å². The van der Waals surface area contributed by atoms with Gasteiger partial charge in [-0.05, 0) is 43.0 Å². The highest BCUT2D eigenvalue weighted by atomic mass is 16.1. The molecule has 1 amide bonds. The van der Waals surface area contributed by atoms with Gasteiger partial charge in [-0.15, -0.1) is 0 Å². The molecule has 1 unspecified atom stereocenters. The standard InChI is InChI=1S/C18H22N2O2/c1-4-20-10-9-17(12-18(20)22)16-7-5-15(6-8-16)11-13(2)19-14(3)21/h5-10,12-13H,4,11H2,1-3H3,(H,19,21). The molecule has 0 aliphatic carbocycles. The number of carbonyl (C=O) groups excluding carboxylic acids is 1. The third-order valence-corrected chi connectivity index (χ3v) is 3.62. The van der Waals surface area contributed by atoms with E-state index in [9.17, 15) is 9.59 Å². The van der Waals surface area contributed by atoms with E-state index in [1.165, 1.54) is 6.92 Å². The molecule has 1 N–H and O–H groups in total. The zero-order valence-electron chi connectivity index (χ0n) is 13.3. The van der Waals surface area contributed by atoms with Crippen molar-refractivity contribution < 1.29 is 4.79 Å². The Labute approximate surface area is 130 Å². The zero-order chi connectivity index (χ0) is 16.1. The van der Waals surface area contributed by atoms with Crippen LogP contribution in [0, 0.1) is 0 Å². The molecule has 4 heteroatoms. The highest BCUT2D eigenvalue weighted by Gasteiger charge is 2.06. The lowest BCUT2D eigenvalue weighted by atomic mass is 10.0. The van der Waals surface area contributed by atoms with Gasteiger partial charge in [0.05, 0.1) is 0 Å². The number of rotatable bonds is 5. The average molecular weight is 298 g/mol. The molecule has 0 radical (unpaired) electrons. The molecular formula is C18H22N2O2. The summed E-state index contributed by atoms with van der Waals surface area (Å²) in [5, 5.41) is 2.87. The molecule has 0 aliphatic rings. The van der Waals surface area contributed by atoms with Crippen LogP contribution in [0.4, 0.5) is 0 Å². The van der Waals surface area contributed by atoms with Crippen molar-refractivity contribution in [1.29, 1.82) is 0 Å². The Hall–Kier alpha value is -2.36. The van der Waals surface area contributed by atoms with Gasteiger partial charge in [-0.25, -0.2) is 0 Å². The molecular weight excluding hydrogens is 276 g/mol. The van der Waals surface area contributed by atoms with E-state index in [4.69, 9.17) is 0 Å². The van der Waals surface area contributed by atoms with Crippen LogP contribution < -0.4 is 10.9 Å². The second-order valence-corrected chi connectivity index (χ2v) is 5.54. The molecule has 1 aromatic heterocycles. The molecule has 2 rings (SSSR count). The molecule has 22 heavy (non-hydrogen) atoms. The fourth-order valence-electron chi connectivity index (χ4n) is 2.53. The summed E-state index contributed by atoms with van der Waals surface area (Å²) >= 11 is 0. The number of hydrogen-bond acceptors (Lipinski definition) is 2. The van der Waals surface area contributed by atoms with Gasteiger partial charge in [0.2, 0.25) is 5.91 Å². The summed E-state index contributed by atoms with van der Waals surface area (Å²) in [4.78, 5) is 22.9. The summed E-state index contributed by atoms with van der Waals surface area (Å²) in [6.45, 7) is 6.14. The topological polar surface area (TPSA) is 51.1 Å². The van der Waals surface area contributed by atoms with E-state index >= 15 is 0 Å². The summed E-state index contributed by atoms with van der Waals surface area (Å²) < 4.78 is 1.67. The largest absolute Gasteiger partial charge is 0.354 e. The van der Waals surface area contributed by atoms with E-state index in [-0.39, 0.29) is 17.5 Å². The van der Waals surface area contributed by atoms with Gasteiger partial charge in [-0.3, -0.25) is 9.59 Å². The minimum Gasteiger partial charge on any atom is -0.354 e. The number of aromatic nitrogens is 1. The van der Waals surface area contributed by atoms with Crippen LogP contribution in [0.15, 0.2) is 47.4 Å². The number of nitrogens with zero attached hydrogens (tertiary/aromatic N) is 1. The van der Waals surface area contributed by atoms with Gasteiger partial charge >= 0.3 is 0 Å². The SMILES string of the molecule is CCn1ccc(-c2ccc(CC(C)NC(C)=O)cc2)cc1=O. The smallest absolute Gasteiger partial charge is 0.251 e. The summed E-state index contributed by atoms with van der Waals surface area (Å²) in [6.07, 6.45) is 2.61. The van der Waals surface area contributed by atoms with Crippen LogP contribution in [-0.2, 0) is 17.8 Å². The summed E-state index contributed by atoms with van der Waals surface area (Å²) in [5.41, 5.74) is 3.13. The van der Waals surface area contributed by atoms with Crippen LogP contribution in [-0.4, -0.2) is 16.5 Å². The van der Waals surface area contributed by atoms with Gasteiger partial charge in [0, 0.05) is 31.8 Å². The minimum atomic E-state index is -0.0133. The Morgan fingerprint density at radius 1 is 1.18 bits per heavy atom. The third-order valence-electron chi connectivity index (χ3n) is 3.62. The first-order valence-electron chi connectivity index (χ1n) is 7.56. The monoisotopic (exact) mass is 298 g/mol. The second kappa shape index (κ2) is 7.07. The first kappa shape index (κ1) is 16.0. The lowest BCUT2D eigenvalue weighted by Gasteiger charge is -2.12. The maximum atomic E-state index is 11.9. The molecule has 0 spiro atoms. The number of nitrogens with one attached hydrogen (secondary N) is 1. The van der Waals surface area contributed by atoms with Crippen molar-refractivity contribution in [1.82, 2.24) is 9.88 Å². The quantitative estimate of drug-likeness (QED) is 0.922. The highest BCUT2D eigenvalue weighted by molar-refractivity contribution is 5.73. The Morgan fingerprint density at radius 2 is 1.86 bits per heavy atom. The van der Waals surface area contributed by atoms with Gasteiger partial charge in [0.1, 0.15) is 0 Å². The first-order chi connectivity index (χ1) is 10.5. The summed E-state index contributed by atoms with van der Waals surface area (Å²) in [5.74, 6) is -0.0133. The van der Waals surface area contributed by atoms with E-state index in [2.05, 4.69) is 5.32 Å². The fraction of sp³-hybridized carbons (Fsp3) is 0.333. The van der Waals surface area contributed by atoms with Crippen LogP contribution in [0.2, 0.25) is 0 Å². The van der Waals surface area contributed by atoms with Crippen molar-refractivity contribution in [2.24, 2.45) is 0 Å². The summed E-state index contributed by atoms with van der Waals surface area (Å²) in [7, 11) is 0. The molecule has 0 saturated carbocycles. The molecule has 1 heterocycles. The van der Waals surface area contributed by atoms with Crippen molar-refractivity contribution in [2.75, 3.05) is 0 Å². The Kier molecular flexibility index (Phi) is 5.15. The maximum Gasteiger partial charge on any atom is 0.251 e. The van der Waals surface area contributed by atoms with Crippen molar-refractivity contribution in [3.8, 4) is 11.1 Å². The Morgan fingerprint density at radius 3 is 2.41 bits per heavy atom. The zero-order valence-corrected chi connectivity index (χ0v) is 13.3. The number of amides is 1. The van der Waals surface area contributed by atoms with Gasteiger partial charge in [-0.1, -0.05) is 24.3 Å². The second-order valence-electron chi connectivity index (χ2n) is 5.54. The summed E-state index contributed by atoms with van der Waals surface area (Å²) in [6, 6.07) is 11.8. The molecule has 0 fully saturated rings. The van der Waals surface area contributed by atoms with Crippen molar-refractivity contribution in [2.45, 2.75) is 39.8 Å². The van der Waals surface area contributed by atoms with E-state index < -0.39 is 0 Å². The number of hydrogen-bond donors (Lipinski definition) is 1. The predicted octanol–water partition coefficient (Wildman–Crippen LogP) is 2.60. The first-order valence-corrected chi connectivity index (χ1v) is 7.56. The fourth-order valence-corrected chi connectivity index (χ4v) is 2.53. The van der Waals surface area contributed by atoms with Crippen LogP contribution in [0.5, 0.6) is 0 Å². The molecule has 116 valence electrons. The van der Waals surface area contributed by atoms with Gasteiger partial charge < -0.3 is 9.88 Å². The number of benzene rings is 1. The van der Waals surface area contributed by atoms with E-state index in [0.29, 0.717) is 6.54 Å². The molecule has 0 aliphatic heterocycles. The molecule has 1 aromatic carbocycles. The lowest BCUT2D eigenvalue weighted by Crippen LogP contribution is -2.31. The predicted molar refractivity (Wildman–Crippen MR) is 88.8 cm³/mol. The highest BCUT2D eigenvalue weighted by Crippen LogP contribution is 2.18. The number of aryl methyl sites for hydroxylation is 1. The van der Waals surface area contributed by atoms with Crippen molar-refractivity contribution >= 4 is 5.91 Å². The van der Waals surface area contributed by atoms with Crippen LogP contribution in [0.25, 0.3) is 11.1 Å². The normalized spacial score (nSPS) is 12.0. The van der Waals surface area contributed by atoms with Crippen molar-refractivity contribution in [3.63, 3.8) is 0 Å². The molecule has 0 saturated heterocycles. The Bertz CT molecular complexity index is 702. The number of carbonyl (C=O) groups is 1. The van der Waals surface area contributed by atoms with Crippen LogP contribution in [0.3, 0.4) is 0 Å². The Balaban J connectivity index is 2.13. The van der Waals surface area contributed by atoms with Crippen LogP contribution in [0.1, 0.15) is 26.3 Å². The lowest BCUT2D eigenvalue weighted by molar-refractivity contribution is -0.119. The van der Waals surface area contributed by atoms with Crippen molar-refractivity contribution in [3.05, 3.63) is 58.5 Å².